The molecular weight excluding hydrogens is 248 g/mol. The molecular formula is C17H24N2O. The topological polar surface area (TPSA) is 55.1 Å². The summed E-state index contributed by atoms with van der Waals surface area (Å²) in [5.41, 5.74) is 7.86. The first-order valence-electron chi connectivity index (χ1n) is 7.20. The van der Waals surface area contributed by atoms with Gasteiger partial charge in [0.15, 0.2) is 0 Å². The van der Waals surface area contributed by atoms with Gasteiger partial charge in [0.25, 0.3) is 5.91 Å². The maximum Gasteiger partial charge on any atom is 0.251 e. The number of carbonyl (C=O) groups excluding carboxylic acids is 1. The molecule has 1 rings (SSSR count). The minimum Gasteiger partial charge on any atom is -0.352 e. The van der Waals surface area contributed by atoms with Gasteiger partial charge in [-0.25, -0.2) is 0 Å². The number of nitrogens with one attached hydrogen (secondary N) is 1. The lowest BCUT2D eigenvalue weighted by atomic mass is 10.0. The van der Waals surface area contributed by atoms with Gasteiger partial charge in [-0.2, -0.15) is 0 Å². The van der Waals surface area contributed by atoms with E-state index < -0.39 is 0 Å². The average Bonchev–Trinajstić information content (AvgIpc) is 2.47. The van der Waals surface area contributed by atoms with Crippen LogP contribution in [0.4, 0.5) is 0 Å². The van der Waals surface area contributed by atoms with Crippen LogP contribution >= 0.6 is 0 Å². The molecule has 3 heteroatoms. The van der Waals surface area contributed by atoms with Crippen LogP contribution in [-0.4, -0.2) is 19.0 Å². The van der Waals surface area contributed by atoms with Crippen LogP contribution in [0.3, 0.4) is 0 Å². The fourth-order valence-electron chi connectivity index (χ4n) is 2.07. The molecule has 0 aliphatic heterocycles. The van der Waals surface area contributed by atoms with Crippen LogP contribution in [0.25, 0.3) is 0 Å². The molecule has 0 atom stereocenters. The Bertz CT molecular complexity index is 507. The third-order valence-corrected chi connectivity index (χ3v) is 3.61. The smallest absolute Gasteiger partial charge is 0.251 e. The lowest BCUT2D eigenvalue weighted by Crippen LogP contribution is -2.29. The van der Waals surface area contributed by atoms with Gasteiger partial charge in [-0.3, -0.25) is 4.79 Å². The number of hydrogen-bond acceptors (Lipinski definition) is 2. The second kappa shape index (κ2) is 8.39. The summed E-state index contributed by atoms with van der Waals surface area (Å²) in [6.07, 6.45) is 2.16. The van der Waals surface area contributed by atoms with Gasteiger partial charge in [0.1, 0.15) is 0 Å². The molecule has 0 fully saturated rings. The molecule has 3 nitrogen and oxygen atoms in total. The molecule has 0 bridgehead atoms. The Labute approximate surface area is 121 Å². The molecule has 3 N–H and O–H groups in total. The van der Waals surface area contributed by atoms with Crippen molar-refractivity contribution in [2.45, 2.75) is 33.6 Å². The normalized spacial score (nSPS) is 10.1. The third kappa shape index (κ3) is 4.40. The number of carbonyl (C=O) groups is 1. The number of rotatable bonds is 5. The Morgan fingerprint density at radius 3 is 2.65 bits per heavy atom. The lowest BCUT2D eigenvalue weighted by Gasteiger charge is -2.14. The maximum atomic E-state index is 12.2. The van der Waals surface area contributed by atoms with E-state index in [2.05, 4.69) is 31.0 Å². The van der Waals surface area contributed by atoms with E-state index >= 15 is 0 Å². The number of nitrogens with two attached hydrogens (primary N) is 1. The van der Waals surface area contributed by atoms with Gasteiger partial charge in [-0.05, 0) is 30.5 Å². The summed E-state index contributed by atoms with van der Waals surface area (Å²) < 4.78 is 0. The van der Waals surface area contributed by atoms with E-state index in [-0.39, 0.29) is 5.91 Å². The van der Waals surface area contributed by atoms with E-state index in [1.807, 2.05) is 25.1 Å². The van der Waals surface area contributed by atoms with Crippen molar-refractivity contribution >= 4 is 5.91 Å². The van der Waals surface area contributed by atoms with Crippen molar-refractivity contribution < 1.29 is 4.79 Å². The fraction of sp³-hybridized carbons (Fsp3) is 0.471. The van der Waals surface area contributed by atoms with Crippen LogP contribution in [-0.2, 0) is 0 Å². The van der Waals surface area contributed by atoms with E-state index in [1.165, 1.54) is 0 Å². The fourth-order valence-corrected chi connectivity index (χ4v) is 2.07. The maximum absolute atomic E-state index is 12.2. The van der Waals surface area contributed by atoms with Crippen molar-refractivity contribution in [3.05, 3.63) is 34.9 Å². The van der Waals surface area contributed by atoms with Crippen LogP contribution < -0.4 is 11.1 Å². The van der Waals surface area contributed by atoms with Crippen molar-refractivity contribution in [3.8, 4) is 11.8 Å². The number of benzene rings is 1. The van der Waals surface area contributed by atoms with E-state index in [9.17, 15) is 4.79 Å². The highest BCUT2D eigenvalue weighted by Gasteiger charge is 2.12. The molecule has 0 spiro atoms. The van der Waals surface area contributed by atoms with Gasteiger partial charge >= 0.3 is 0 Å². The van der Waals surface area contributed by atoms with Crippen molar-refractivity contribution in [1.82, 2.24) is 5.32 Å². The van der Waals surface area contributed by atoms with Gasteiger partial charge in [0.2, 0.25) is 0 Å². The molecule has 108 valence electrons. The molecule has 0 aliphatic carbocycles. The summed E-state index contributed by atoms with van der Waals surface area (Å²) in [5, 5.41) is 3.01. The second-order valence-electron chi connectivity index (χ2n) is 4.88. The monoisotopic (exact) mass is 272 g/mol. The van der Waals surface area contributed by atoms with Crippen LogP contribution in [0, 0.1) is 24.7 Å². The predicted molar refractivity (Wildman–Crippen MR) is 83.5 cm³/mol. The molecule has 1 aromatic carbocycles. The van der Waals surface area contributed by atoms with Crippen LogP contribution in [0.2, 0.25) is 0 Å². The molecule has 1 aromatic rings. The van der Waals surface area contributed by atoms with Crippen LogP contribution in [0.15, 0.2) is 18.2 Å². The first-order chi connectivity index (χ1) is 9.63. The van der Waals surface area contributed by atoms with Gasteiger partial charge in [0.05, 0.1) is 6.54 Å². The predicted octanol–water partition coefficient (Wildman–Crippen LogP) is 2.47. The average molecular weight is 272 g/mol. The van der Waals surface area contributed by atoms with Crippen molar-refractivity contribution in [2.24, 2.45) is 11.7 Å². The molecule has 20 heavy (non-hydrogen) atoms. The van der Waals surface area contributed by atoms with Gasteiger partial charge in [0, 0.05) is 17.7 Å². The molecule has 0 saturated carbocycles. The van der Waals surface area contributed by atoms with E-state index in [0.717, 1.165) is 30.5 Å². The SMILES string of the molecule is CCC(CC)CNC(=O)c1cccc(C#CCN)c1C. The summed E-state index contributed by atoms with van der Waals surface area (Å²) in [5.74, 6) is 6.34. The van der Waals surface area contributed by atoms with Crippen LogP contribution in [0.1, 0.15) is 48.2 Å². The van der Waals surface area contributed by atoms with Crippen molar-refractivity contribution in [3.63, 3.8) is 0 Å². The number of hydrogen-bond donors (Lipinski definition) is 2. The van der Waals surface area contributed by atoms with Crippen molar-refractivity contribution in [2.75, 3.05) is 13.1 Å². The minimum absolute atomic E-state index is 0.0224. The number of amides is 1. The molecule has 1 amide bonds. The Morgan fingerprint density at radius 2 is 2.05 bits per heavy atom. The zero-order valence-corrected chi connectivity index (χ0v) is 12.6. The molecule has 0 aliphatic rings. The van der Waals surface area contributed by atoms with Crippen molar-refractivity contribution in [1.29, 1.82) is 0 Å². The highest BCUT2D eigenvalue weighted by Crippen LogP contribution is 2.13. The van der Waals surface area contributed by atoms with Gasteiger partial charge in [-0.1, -0.05) is 44.6 Å². The Balaban J connectivity index is 2.83. The quantitative estimate of drug-likeness (QED) is 0.809. The van der Waals surface area contributed by atoms with Gasteiger partial charge in [-0.15, -0.1) is 0 Å². The highest BCUT2D eigenvalue weighted by atomic mass is 16.1. The Morgan fingerprint density at radius 1 is 1.35 bits per heavy atom. The highest BCUT2D eigenvalue weighted by molar-refractivity contribution is 5.96. The molecule has 0 heterocycles. The third-order valence-electron chi connectivity index (χ3n) is 3.61. The summed E-state index contributed by atoms with van der Waals surface area (Å²) in [7, 11) is 0. The van der Waals surface area contributed by atoms with E-state index in [1.54, 1.807) is 0 Å². The minimum atomic E-state index is -0.0224. The summed E-state index contributed by atoms with van der Waals surface area (Å²) >= 11 is 0. The first kappa shape index (κ1) is 16.3. The standard InChI is InChI=1S/C17H24N2O/c1-4-14(5-2)12-19-17(20)16-10-6-8-15(13(16)3)9-7-11-18/h6,8,10,14H,4-5,11-12,18H2,1-3H3,(H,19,20). The Hall–Kier alpha value is -1.79. The molecule has 0 saturated heterocycles. The molecule has 0 unspecified atom stereocenters. The summed E-state index contributed by atoms with van der Waals surface area (Å²) in [6, 6.07) is 5.61. The van der Waals surface area contributed by atoms with E-state index in [4.69, 9.17) is 5.73 Å². The summed E-state index contributed by atoms with van der Waals surface area (Å²) in [4.78, 5) is 12.2. The summed E-state index contributed by atoms with van der Waals surface area (Å²) in [6.45, 7) is 7.27. The largest absolute Gasteiger partial charge is 0.352 e. The van der Waals surface area contributed by atoms with Gasteiger partial charge < -0.3 is 11.1 Å². The lowest BCUT2D eigenvalue weighted by molar-refractivity contribution is 0.0946. The molecule has 0 radical (unpaired) electrons. The van der Waals surface area contributed by atoms with E-state index in [0.29, 0.717) is 18.0 Å². The zero-order chi connectivity index (χ0) is 15.0. The first-order valence-corrected chi connectivity index (χ1v) is 7.20. The van der Waals surface area contributed by atoms with Crippen LogP contribution in [0.5, 0.6) is 0 Å². The second-order valence-corrected chi connectivity index (χ2v) is 4.88. The Kier molecular flexibility index (Phi) is 6.83. The zero-order valence-electron chi connectivity index (χ0n) is 12.6. The molecule has 0 aromatic heterocycles.